The molecule has 2 heterocycles. The van der Waals surface area contributed by atoms with Crippen molar-refractivity contribution in [1.29, 1.82) is 0 Å². The van der Waals surface area contributed by atoms with Crippen LogP contribution in [0.5, 0.6) is 0 Å². The third kappa shape index (κ3) is 2.62. The maximum absolute atomic E-state index is 12.5. The smallest absolute Gasteiger partial charge is 0.263 e. The molecular formula is C15H20BrNOS. The van der Waals surface area contributed by atoms with Gasteiger partial charge in [0.15, 0.2) is 0 Å². The van der Waals surface area contributed by atoms with Crippen LogP contribution in [-0.4, -0.2) is 23.9 Å². The van der Waals surface area contributed by atoms with Crippen LogP contribution in [-0.2, 0) is 0 Å². The van der Waals surface area contributed by atoms with Crippen LogP contribution in [0.15, 0.2) is 9.85 Å². The molecule has 1 aromatic rings. The third-order valence-corrected chi connectivity index (χ3v) is 6.97. The first-order valence-corrected chi connectivity index (χ1v) is 8.76. The molecule has 1 aliphatic carbocycles. The summed E-state index contributed by atoms with van der Waals surface area (Å²) >= 11 is 5.07. The summed E-state index contributed by atoms with van der Waals surface area (Å²) in [6.45, 7) is 3.95. The van der Waals surface area contributed by atoms with Gasteiger partial charge in [0.25, 0.3) is 5.91 Å². The monoisotopic (exact) mass is 341 g/mol. The molecule has 2 fully saturated rings. The number of amides is 1. The highest BCUT2D eigenvalue weighted by molar-refractivity contribution is 9.11. The SMILES string of the molecule is Cc1cc(C(=O)N2CCC3(CCCC3)CC2)sc1Br. The Morgan fingerprint density at radius 3 is 2.42 bits per heavy atom. The Labute approximate surface area is 127 Å². The molecule has 0 aromatic carbocycles. The zero-order valence-corrected chi connectivity index (χ0v) is 13.8. The van der Waals surface area contributed by atoms with Gasteiger partial charge < -0.3 is 4.90 Å². The Kier molecular flexibility index (Phi) is 3.73. The first kappa shape index (κ1) is 13.6. The average molecular weight is 342 g/mol. The second-order valence-electron chi connectivity index (χ2n) is 6.07. The van der Waals surface area contributed by atoms with Crippen molar-refractivity contribution in [1.82, 2.24) is 4.90 Å². The molecule has 2 nitrogen and oxygen atoms in total. The standard InChI is InChI=1S/C15H20BrNOS/c1-11-10-12(19-13(11)16)14(18)17-8-6-15(7-9-17)4-2-3-5-15/h10H,2-9H2,1H3. The van der Waals surface area contributed by atoms with Gasteiger partial charge in [0.05, 0.1) is 8.66 Å². The first-order chi connectivity index (χ1) is 9.10. The molecule has 0 N–H and O–H groups in total. The second-order valence-corrected chi connectivity index (χ2v) is 8.44. The predicted molar refractivity (Wildman–Crippen MR) is 82.8 cm³/mol. The summed E-state index contributed by atoms with van der Waals surface area (Å²) in [4.78, 5) is 15.4. The molecule has 0 unspecified atom stereocenters. The molecule has 19 heavy (non-hydrogen) atoms. The maximum Gasteiger partial charge on any atom is 0.263 e. The van der Waals surface area contributed by atoms with Gasteiger partial charge >= 0.3 is 0 Å². The summed E-state index contributed by atoms with van der Waals surface area (Å²) in [6.07, 6.45) is 7.99. The number of hydrogen-bond acceptors (Lipinski definition) is 2. The lowest BCUT2D eigenvalue weighted by molar-refractivity contribution is 0.0592. The summed E-state index contributed by atoms with van der Waals surface area (Å²) < 4.78 is 1.08. The van der Waals surface area contributed by atoms with E-state index in [-0.39, 0.29) is 5.91 Å². The number of carbonyl (C=O) groups excluding carboxylic acids is 1. The Balaban J connectivity index is 1.66. The van der Waals surface area contributed by atoms with Crippen LogP contribution >= 0.6 is 27.3 Å². The number of hydrogen-bond donors (Lipinski definition) is 0. The van der Waals surface area contributed by atoms with Crippen LogP contribution in [0, 0.1) is 12.3 Å². The molecule has 0 radical (unpaired) electrons. The second kappa shape index (κ2) is 5.21. The highest BCUT2D eigenvalue weighted by Gasteiger charge is 2.38. The van der Waals surface area contributed by atoms with E-state index in [1.54, 1.807) is 11.3 Å². The number of halogens is 1. The fraction of sp³-hybridized carbons (Fsp3) is 0.667. The third-order valence-electron chi connectivity index (χ3n) is 4.84. The normalized spacial score (nSPS) is 22.1. The molecule has 2 aliphatic rings. The highest BCUT2D eigenvalue weighted by Crippen LogP contribution is 2.46. The Morgan fingerprint density at radius 2 is 1.89 bits per heavy atom. The van der Waals surface area contributed by atoms with E-state index in [4.69, 9.17) is 0 Å². The molecule has 3 rings (SSSR count). The van der Waals surface area contributed by atoms with Crippen molar-refractivity contribution in [3.8, 4) is 0 Å². The minimum atomic E-state index is 0.228. The van der Waals surface area contributed by atoms with Gasteiger partial charge in [0.2, 0.25) is 0 Å². The topological polar surface area (TPSA) is 20.3 Å². The van der Waals surface area contributed by atoms with E-state index in [1.165, 1.54) is 38.5 Å². The van der Waals surface area contributed by atoms with Gasteiger partial charge in [-0.2, -0.15) is 0 Å². The minimum absolute atomic E-state index is 0.228. The largest absolute Gasteiger partial charge is 0.338 e. The first-order valence-electron chi connectivity index (χ1n) is 7.15. The lowest BCUT2D eigenvalue weighted by Gasteiger charge is -2.39. The Bertz CT molecular complexity index is 461. The van der Waals surface area contributed by atoms with Gasteiger partial charge in [-0.15, -0.1) is 11.3 Å². The molecule has 1 saturated carbocycles. The fourth-order valence-corrected chi connectivity index (χ4v) is 5.03. The van der Waals surface area contributed by atoms with E-state index in [0.29, 0.717) is 5.41 Å². The molecule has 1 spiro atoms. The lowest BCUT2D eigenvalue weighted by Crippen LogP contribution is -2.42. The van der Waals surface area contributed by atoms with Crippen LogP contribution in [0.25, 0.3) is 0 Å². The van der Waals surface area contributed by atoms with Crippen molar-refractivity contribution in [2.45, 2.75) is 45.4 Å². The molecule has 0 atom stereocenters. The van der Waals surface area contributed by atoms with Crippen molar-refractivity contribution in [3.05, 3.63) is 20.3 Å². The summed E-state index contributed by atoms with van der Waals surface area (Å²) in [5.41, 5.74) is 1.75. The predicted octanol–water partition coefficient (Wildman–Crippen LogP) is 4.62. The summed E-state index contributed by atoms with van der Waals surface area (Å²) in [6, 6.07) is 2.01. The van der Waals surface area contributed by atoms with Crippen molar-refractivity contribution < 1.29 is 4.79 Å². The van der Waals surface area contributed by atoms with E-state index in [1.807, 2.05) is 13.0 Å². The molecule has 1 aliphatic heterocycles. The number of thiophene rings is 1. The Morgan fingerprint density at radius 1 is 1.26 bits per heavy atom. The molecule has 104 valence electrons. The van der Waals surface area contributed by atoms with Gasteiger partial charge in [-0.25, -0.2) is 0 Å². The fourth-order valence-electron chi connectivity index (χ4n) is 3.53. The van der Waals surface area contributed by atoms with E-state index in [0.717, 1.165) is 27.3 Å². The Hall–Kier alpha value is -0.350. The van der Waals surface area contributed by atoms with E-state index < -0.39 is 0 Å². The molecule has 4 heteroatoms. The molecule has 0 bridgehead atoms. The van der Waals surface area contributed by atoms with Crippen LogP contribution in [0.4, 0.5) is 0 Å². The number of carbonyl (C=O) groups is 1. The zero-order chi connectivity index (χ0) is 13.5. The summed E-state index contributed by atoms with van der Waals surface area (Å²) in [5, 5.41) is 0. The molecule has 1 amide bonds. The number of likely N-dealkylation sites (tertiary alicyclic amines) is 1. The van der Waals surface area contributed by atoms with Gasteiger partial charge in [-0.05, 0) is 65.6 Å². The number of piperidine rings is 1. The van der Waals surface area contributed by atoms with Gasteiger partial charge in [0, 0.05) is 13.1 Å². The van der Waals surface area contributed by atoms with Crippen LogP contribution in [0.1, 0.15) is 53.8 Å². The van der Waals surface area contributed by atoms with E-state index >= 15 is 0 Å². The summed E-state index contributed by atoms with van der Waals surface area (Å²) in [5.74, 6) is 0.228. The minimum Gasteiger partial charge on any atom is -0.338 e. The van der Waals surface area contributed by atoms with Gasteiger partial charge in [0.1, 0.15) is 0 Å². The van der Waals surface area contributed by atoms with Crippen LogP contribution in [0.3, 0.4) is 0 Å². The zero-order valence-electron chi connectivity index (χ0n) is 11.4. The lowest BCUT2D eigenvalue weighted by atomic mass is 9.77. The maximum atomic E-state index is 12.5. The number of rotatable bonds is 1. The van der Waals surface area contributed by atoms with Crippen molar-refractivity contribution in [3.63, 3.8) is 0 Å². The average Bonchev–Trinajstić information content (AvgIpc) is 2.98. The van der Waals surface area contributed by atoms with Crippen molar-refractivity contribution >= 4 is 33.2 Å². The van der Waals surface area contributed by atoms with E-state index in [9.17, 15) is 4.79 Å². The van der Waals surface area contributed by atoms with Gasteiger partial charge in [-0.1, -0.05) is 12.8 Å². The number of nitrogens with zero attached hydrogens (tertiary/aromatic N) is 1. The molecule has 1 saturated heterocycles. The van der Waals surface area contributed by atoms with Crippen molar-refractivity contribution in [2.24, 2.45) is 5.41 Å². The quantitative estimate of drug-likeness (QED) is 0.729. The molecular weight excluding hydrogens is 322 g/mol. The van der Waals surface area contributed by atoms with Gasteiger partial charge in [-0.3, -0.25) is 4.79 Å². The van der Waals surface area contributed by atoms with Crippen molar-refractivity contribution in [2.75, 3.05) is 13.1 Å². The van der Waals surface area contributed by atoms with Crippen LogP contribution < -0.4 is 0 Å². The van der Waals surface area contributed by atoms with Crippen LogP contribution in [0.2, 0.25) is 0 Å². The van der Waals surface area contributed by atoms with E-state index in [2.05, 4.69) is 20.8 Å². The number of aryl methyl sites for hydroxylation is 1. The molecule has 1 aromatic heterocycles. The summed E-state index contributed by atoms with van der Waals surface area (Å²) in [7, 11) is 0. The highest BCUT2D eigenvalue weighted by atomic mass is 79.9.